The van der Waals surface area contributed by atoms with Crippen LogP contribution in [0.2, 0.25) is 0 Å². The van der Waals surface area contributed by atoms with Gasteiger partial charge in [0, 0.05) is 17.8 Å². The average Bonchev–Trinajstić information content (AvgIpc) is 3.20. The molecule has 1 saturated carbocycles. The van der Waals surface area contributed by atoms with Gasteiger partial charge in [0.05, 0.1) is 19.8 Å². The van der Waals surface area contributed by atoms with E-state index in [1.165, 1.54) is 12.7 Å². The second-order valence-electron chi connectivity index (χ2n) is 7.57. The van der Waals surface area contributed by atoms with Crippen LogP contribution < -0.4 is 0 Å². The Morgan fingerprint density at radius 2 is 2.12 bits per heavy atom. The molecule has 1 aromatic carbocycles. The third-order valence-electron chi connectivity index (χ3n) is 5.97. The van der Waals surface area contributed by atoms with Gasteiger partial charge >= 0.3 is 5.97 Å². The molecule has 0 unspecified atom stereocenters. The number of fused-ring (bicyclic) bond motifs is 2. The summed E-state index contributed by atoms with van der Waals surface area (Å²) in [5.41, 5.74) is 1.38. The first-order valence-corrected chi connectivity index (χ1v) is 9.51. The lowest BCUT2D eigenvalue weighted by Crippen LogP contribution is -2.38. The molecule has 0 N–H and O–H groups in total. The fourth-order valence-electron chi connectivity index (χ4n) is 4.64. The number of carbonyl (C=O) groups excluding carboxylic acids is 2. The molecule has 2 aliphatic rings. The number of carbonyl (C=O) groups is 2. The van der Waals surface area contributed by atoms with Crippen LogP contribution in [-0.2, 0) is 25.5 Å². The van der Waals surface area contributed by atoms with E-state index in [4.69, 9.17) is 4.74 Å². The Balaban J connectivity index is 1.61. The molecule has 0 amide bonds. The molecular formula is C22H28O4. The first kappa shape index (κ1) is 18.8. The summed E-state index contributed by atoms with van der Waals surface area (Å²) in [6, 6.07) is 10.5. The molecule has 2 bridgehead atoms. The largest absolute Gasteiger partial charge is 0.469 e. The zero-order valence-electron chi connectivity index (χ0n) is 15.4. The molecule has 3 rings (SSSR count). The van der Waals surface area contributed by atoms with Gasteiger partial charge in [0.25, 0.3) is 0 Å². The average molecular weight is 356 g/mol. The van der Waals surface area contributed by atoms with Crippen molar-refractivity contribution in [3.63, 3.8) is 0 Å². The number of allylic oxidation sites excluding steroid dienone is 2. The molecule has 2 fully saturated rings. The van der Waals surface area contributed by atoms with Gasteiger partial charge in [0.1, 0.15) is 6.29 Å². The van der Waals surface area contributed by atoms with Crippen LogP contribution in [0.5, 0.6) is 0 Å². The number of hydrogen-bond donors (Lipinski definition) is 0. The van der Waals surface area contributed by atoms with Gasteiger partial charge in [-0.05, 0) is 43.6 Å². The van der Waals surface area contributed by atoms with Crippen molar-refractivity contribution in [2.24, 2.45) is 17.3 Å². The molecule has 1 aromatic rings. The number of rotatable bonds is 9. The monoisotopic (exact) mass is 356 g/mol. The molecule has 0 radical (unpaired) electrons. The Morgan fingerprint density at radius 3 is 2.85 bits per heavy atom. The van der Waals surface area contributed by atoms with E-state index in [9.17, 15) is 9.59 Å². The van der Waals surface area contributed by atoms with Gasteiger partial charge in [-0.25, -0.2) is 0 Å². The Kier molecular flexibility index (Phi) is 6.25. The molecule has 0 spiro atoms. The van der Waals surface area contributed by atoms with E-state index in [-0.39, 0.29) is 23.4 Å². The lowest BCUT2D eigenvalue weighted by molar-refractivity contribution is -0.140. The van der Waals surface area contributed by atoms with Crippen molar-refractivity contribution in [3.05, 3.63) is 48.0 Å². The topological polar surface area (TPSA) is 52.6 Å². The van der Waals surface area contributed by atoms with Crippen molar-refractivity contribution >= 4 is 12.3 Å². The van der Waals surface area contributed by atoms with E-state index in [2.05, 4.69) is 41.2 Å². The maximum atomic E-state index is 11.7. The van der Waals surface area contributed by atoms with Crippen LogP contribution in [-0.4, -0.2) is 32.1 Å². The lowest BCUT2D eigenvalue weighted by atomic mass is 9.70. The summed E-state index contributed by atoms with van der Waals surface area (Å²) in [5.74, 6) is 0.162. The quantitative estimate of drug-likeness (QED) is 0.293. The number of aldehydes is 1. The van der Waals surface area contributed by atoms with Crippen LogP contribution >= 0.6 is 0 Å². The highest BCUT2D eigenvalue weighted by Crippen LogP contribution is 2.56. The van der Waals surface area contributed by atoms with Gasteiger partial charge in [-0.15, -0.1) is 0 Å². The first-order chi connectivity index (χ1) is 12.7. The van der Waals surface area contributed by atoms with Gasteiger partial charge in [-0.1, -0.05) is 42.5 Å². The van der Waals surface area contributed by atoms with Crippen molar-refractivity contribution in [3.8, 4) is 0 Å². The standard InChI is InChI=1S/C22H28O4/c1-25-21(24)12-8-3-2-7-11-19-18(15-23)20-14-22(19,16-26-20)13-17-9-5-4-6-10-17/h2,4-7,9-10,15,18-20H,3,8,11-14,16H2,1H3/t18-,19-,20-,22-/m1/s1. The maximum absolute atomic E-state index is 11.7. The van der Waals surface area contributed by atoms with Gasteiger partial charge < -0.3 is 14.3 Å². The number of methoxy groups -OCH3 is 1. The highest BCUT2D eigenvalue weighted by Gasteiger charge is 2.58. The van der Waals surface area contributed by atoms with E-state index < -0.39 is 0 Å². The third kappa shape index (κ3) is 4.07. The maximum Gasteiger partial charge on any atom is 0.305 e. The SMILES string of the molecule is COC(=O)CCCC=CC[C@@H]1[C@@H](C=O)[C@H]2C[C@]1(Cc1ccccc1)CO2. The van der Waals surface area contributed by atoms with Crippen molar-refractivity contribution < 1.29 is 19.1 Å². The molecule has 1 aliphatic heterocycles. The minimum atomic E-state index is -0.161. The number of ether oxygens (including phenoxy) is 2. The molecular weight excluding hydrogens is 328 g/mol. The summed E-state index contributed by atoms with van der Waals surface area (Å²) in [7, 11) is 1.42. The molecule has 4 atom stereocenters. The van der Waals surface area contributed by atoms with Crippen LogP contribution in [0.4, 0.5) is 0 Å². The Morgan fingerprint density at radius 1 is 1.31 bits per heavy atom. The van der Waals surface area contributed by atoms with Crippen molar-refractivity contribution in [2.75, 3.05) is 13.7 Å². The zero-order valence-corrected chi connectivity index (χ0v) is 15.4. The normalized spacial score (nSPS) is 30.0. The predicted octanol–water partition coefficient (Wildman–Crippen LogP) is 3.74. The molecule has 1 heterocycles. The van der Waals surface area contributed by atoms with Crippen LogP contribution in [0.15, 0.2) is 42.5 Å². The molecule has 1 saturated heterocycles. The zero-order chi connectivity index (χ0) is 18.4. The summed E-state index contributed by atoms with van der Waals surface area (Å²) < 4.78 is 10.6. The van der Waals surface area contributed by atoms with Crippen molar-refractivity contribution in [2.45, 2.75) is 44.6 Å². The van der Waals surface area contributed by atoms with Gasteiger partial charge in [0.15, 0.2) is 0 Å². The minimum Gasteiger partial charge on any atom is -0.469 e. The van der Waals surface area contributed by atoms with Crippen molar-refractivity contribution in [1.29, 1.82) is 0 Å². The summed E-state index contributed by atoms with van der Waals surface area (Å²) in [6.07, 6.45) is 10.5. The second kappa shape index (κ2) is 8.63. The third-order valence-corrected chi connectivity index (χ3v) is 5.97. The molecule has 0 aromatic heterocycles. The molecule has 4 heteroatoms. The Hall–Kier alpha value is -1.94. The number of esters is 1. The summed E-state index contributed by atoms with van der Waals surface area (Å²) in [6.45, 7) is 0.748. The van der Waals surface area contributed by atoms with Gasteiger partial charge in [-0.2, -0.15) is 0 Å². The van der Waals surface area contributed by atoms with Crippen LogP contribution in [0.1, 0.15) is 37.7 Å². The fraction of sp³-hybridized carbons (Fsp3) is 0.545. The molecule has 4 nitrogen and oxygen atoms in total. The second-order valence-corrected chi connectivity index (χ2v) is 7.57. The van der Waals surface area contributed by atoms with Crippen LogP contribution in [0.25, 0.3) is 0 Å². The smallest absolute Gasteiger partial charge is 0.305 e. The van der Waals surface area contributed by atoms with E-state index in [0.717, 1.165) is 45.0 Å². The van der Waals surface area contributed by atoms with E-state index in [0.29, 0.717) is 12.3 Å². The van der Waals surface area contributed by atoms with E-state index in [1.807, 2.05) is 6.07 Å². The van der Waals surface area contributed by atoms with E-state index >= 15 is 0 Å². The highest BCUT2D eigenvalue weighted by molar-refractivity contribution is 5.69. The fourth-order valence-corrected chi connectivity index (χ4v) is 4.64. The minimum absolute atomic E-state index is 0.00724. The lowest BCUT2D eigenvalue weighted by Gasteiger charge is -2.37. The van der Waals surface area contributed by atoms with Crippen LogP contribution in [0, 0.1) is 17.3 Å². The molecule has 1 aliphatic carbocycles. The van der Waals surface area contributed by atoms with Gasteiger partial charge in [-0.3, -0.25) is 4.79 Å². The summed E-state index contributed by atoms with van der Waals surface area (Å²) >= 11 is 0. The van der Waals surface area contributed by atoms with E-state index in [1.54, 1.807) is 0 Å². The summed E-state index contributed by atoms with van der Waals surface area (Å²) in [4.78, 5) is 22.8. The first-order valence-electron chi connectivity index (χ1n) is 9.51. The Bertz CT molecular complexity index is 639. The predicted molar refractivity (Wildman–Crippen MR) is 99.6 cm³/mol. The number of benzene rings is 1. The Labute approximate surface area is 155 Å². The molecule has 140 valence electrons. The highest BCUT2D eigenvalue weighted by atomic mass is 16.5. The number of unbranched alkanes of at least 4 members (excludes halogenated alkanes) is 1. The summed E-state index contributed by atoms with van der Waals surface area (Å²) in [5, 5.41) is 0. The van der Waals surface area contributed by atoms with Gasteiger partial charge in [0.2, 0.25) is 0 Å². The molecule has 26 heavy (non-hydrogen) atoms. The van der Waals surface area contributed by atoms with Crippen molar-refractivity contribution in [1.82, 2.24) is 0 Å². The number of hydrogen-bond acceptors (Lipinski definition) is 4. The van der Waals surface area contributed by atoms with Crippen LogP contribution in [0.3, 0.4) is 0 Å².